The first-order valence-corrected chi connectivity index (χ1v) is 5.18. The molecule has 0 saturated heterocycles. The van der Waals surface area contributed by atoms with E-state index < -0.39 is 0 Å². The first-order chi connectivity index (χ1) is 6.83. The summed E-state index contributed by atoms with van der Waals surface area (Å²) >= 11 is 0. The molecule has 0 saturated carbocycles. The van der Waals surface area contributed by atoms with Gasteiger partial charge in [0, 0.05) is 19.7 Å². The van der Waals surface area contributed by atoms with Gasteiger partial charge < -0.3 is 14.6 Å². The van der Waals surface area contributed by atoms with Gasteiger partial charge in [0.25, 0.3) is 0 Å². The fourth-order valence-corrected chi connectivity index (χ4v) is 1.84. The van der Waals surface area contributed by atoms with Gasteiger partial charge in [-0.15, -0.1) is 0 Å². The standard InChI is InChI=1S/C10H17N3O/c1-3-14-7-9-6-12-10-8(2)11-4-5-13(9)10/h6,8,11H,3-5,7H2,1-2H3/t8-/m0/s1. The summed E-state index contributed by atoms with van der Waals surface area (Å²) in [6, 6.07) is 0.360. The number of hydrogen-bond donors (Lipinski definition) is 1. The van der Waals surface area contributed by atoms with Gasteiger partial charge in [-0.3, -0.25) is 0 Å². The van der Waals surface area contributed by atoms with Crippen LogP contribution in [0.2, 0.25) is 0 Å². The van der Waals surface area contributed by atoms with Crippen LogP contribution < -0.4 is 5.32 Å². The van der Waals surface area contributed by atoms with Crippen molar-refractivity contribution < 1.29 is 4.74 Å². The van der Waals surface area contributed by atoms with Crippen LogP contribution in [-0.4, -0.2) is 22.7 Å². The summed E-state index contributed by atoms with van der Waals surface area (Å²) in [5, 5.41) is 3.38. The van der Waals surface area contributed by atoms with Crippen LogP contribution in [0.25, 0.3) is 0 Å². The van der Waals surface area contributed by atoms with Gasteiger partial charge in [-0.05, 0) is 13.8 Å². The van der Waals surface area contributed by atoms with E-state index in [1.165, 1.54) is 5.69 Å². The summed E-state index contributed by atoms with van der Waals surface area (Å²) in [6.07, 6.45) is 1.93. The summed E-state index contributed by atoms with van der Waals surface area (Å²) in [4.78, 5) is 4.41. The molecule has 0 unspecified atom stereocenters. The quantitative estimate of drug-likeness (QED) is 0.784. The average Bonchev–Trinajstić information content (AvgIpc) is 2.60. The van der Waals surface area contributed by atoms with E-state index in [0.717, 1.165) is 25.5 Å². The molecule has 1 atom stereocenters. The lowest BCUT2D eigenvalue weighted by Gasteiger charge is -2.23. The SMILES string of the molecule is CCOCc1cnc2n1CCN[C@H]2C. The van der Waals surface area contributed by atoms with Crippen LogP contribution in [0.5, 0.6) is 0 Å². The highest BCUT2D eigenvalue weighted by Gasteiger charge is 2.19. The summed E-state index contributed by atoms with van der Waals surface area (Å²) in [5.74, 6) is 1.13. The molecular formula is C10H17N3O. The van der Waals surface area contributed by atoms with E-state index in [9.17, 15) is 0 Å². The molecule has 2 rings (SSSR count). The zero-order valence-electron chi connectivity index (χ0n) is 8.79. The summed E-state index contributed by atoms with van der Waals surface area (Å²) in [6.45, 7) is 7.61. The van der Waals surface area contributed by atoms with Gasteiger partial charge in [0.15, 0.2) is 0 Å². The molecule has 0 aromatic carbocycles. The lowest BCUT2D eigenvalue weighted by molar-refractivity contribution is 0.127. The van der Waals surface area contributed by atoms with Crippen LogP contribution >= 0.6 is 0 Å². The van der Waals surface area contributed by atoms with E-state index in [1.54, 1.807) is 0 Å². The largest absolute Gasteiger partial charge is 0.375 e. The van der Waals surface area contributed by atoms with Crippen molar-refractivity contribution in [1.82, 2.24) is 14.9 Å². The van der Waals surface area contributed by atoms with Gasteiger partial charge in [0.1, 0.15) is 5.82 Å². The Hall–Kier alpha value is -0.870. The molecule has 0 fully saturated rings. The maximum absolute atomic E-state index is 5.40. The molecule has 1 aromatic heterocycles. The van der Waals surface area contributed by atoms with Gasteiger partial charge in [0.2, 0.25) is 0 Å². The van der Waals surface area contributed by atoms with Crippen molar-refractivity contribution in [3.63, 3.8) is 0 Å². The second-order valence-corrected chi connectivity index (χ2v) is 3.57. The van der Waals surface area contributed by atoms with Gasteiger partial charge >= 0.3 is 0 Å². The third kappa shape index (κ3) is 1.67. The van der Waals surface area contributed by atoms with Crippen molar-refractivity contribution in [3.8, 4) is 0 Å². The number of ether oxygens (including phenoxy) is 1. The topological polar surface area (TPSA) is 39.1 Å². The summed E-state index contributed by atoms with van der Waals surface area (Å²) < 4.78 is 7.66. The molecular weight excluding hydrogens is 178 g/mol. The Kier molecular flexibility index (Phi) is 2.84. The van der Waals surface area contributed by atoms with Gasteiger partial charge in [-0.25, -0.2) is 4.98 Å². The van der Waals surface area contributed by atoms with Crippen molar-refractivity contribution >= 4 is 0 Å². The zero-order chi connectivity index (χ0) is 9.97. The second kappa shape index (κ2) is 4.11. The fraction of sp³-hybridized carbons (Fsp3) is 0.700. The number of imidazole rings is 1. The minimum Gasteiger partial charge on any atom is -0.375 e. The van der Waals surface area contributed by atoms with Gasteiger partial charge in [-0.2, -0.15) is 0 Å². The number of nitrogens with zero attached hydrogens (tertiary/aromatic N) is 2. The van der Waals surface area contributed by atoms with Crippen molar-refractivity contribution in [2.75, 3.05) is 13.2 Å². The average molecular weight is 195 g/mol. The minimum atomic E-state index is 0.360. The third-order valence-corrected chi connectivity index (χ3v) is 2.60. The number of fused-ring (bicyclic) bond motifs is 1. The zero-order valence-corrected chi connectivity index (χ0v) is 8.79. The molecule has 4 heteroatoms. The highest BCUT2D eigenvalue weighted by atomic mass is 16.5. The van der Waals surface area contributed by atoms with Crippen molar-refractivity contribution in [2.45, 2.75) is 33.0 Å². The first-order valence-electron chi connectivity index (χ1n) is 5.18. The molecule has 1 aromatic rings. The van der Waals surface area contributed by atoms with E-state index >= 15 is 0 Å². The Morgan fingerprint density at radius 2 is 2.57 bits per heavy atom. The van der Waals surface area contributed by atoms with Gasteiger partial charge in [0.05, 0.1) is 24.5 Å². The van der Waals surface area contributed by atoms with Gasteiger partial charge in [-0.1, -0.05) is 0 Å². The number of hydrogen-bond acceptors (Lipinski definition) is 3. The Labute approximate surface area is 84.3 Å². The van der Waals surface area contributed by atoms with E-state index in [2.05, 4.69) is 21.8 Å². The maximum atomic E-state index is 5.40. The second-order valence-electron chi connectivity index (χ2n) is 3.57. The molecule has 1 aliphatic heterocycles. The number of rotatable bonds is 3. The lowest BCUT2D eigenvalue weighted by atomic mass is 10.2. The highest BCUT2D eigenvalue weighted by Crippen LogP contribution is 2.17. The lowest BCUT2D eigenvalue weighted by Crippen LogP contribution is -2.32. The molecule has 0 aliphatic carbocycles. The molecule has 4 nitrogen and oxygen atoms in total. The monoisotopic (exact) mass is 195 g/mol. The molecule has 1 N–H and O–H groups in total. The van der Waals surface area contributed by atoms with Crippen LogP contribution in [0.3, 0.4) is 0 Å². The van der Waals surface area contributed by atoms with Crippen LogP contribution in [0.15, 0.2) is 6.20 Å². The van der Waals surface area contributed by atoms with Crippen LogP contribution in [0, 0.1) is 0 Å². The maximum Gasteiger partial charge on any atom is 0.125 e. The summed E-state index contributed by atoms with van der Waals surface area (Å²) in [7, 11) is 0. The molecule has 0 bridgehead atoms. The Morgan fingerprint density at radius 3 is 3.36 bits per heavy atom. The molecule has 78 valence electrons. The fourth-order valence-electron chi connectivity index (χ4n) is 1.84. The van der Waals surface area contributed by atoms with E-state index in [-0.39, 0.29) is 0 Å². The highest BCUT2D eigenvalue weighted by molar-refractivity contribution is 5.09. The molecule has 0 amide bonds. The molecule has 2 heterocycles. The van der Waals surface area contributed by atoms with Crippen LogP contribution in [0.1, 0.15) is 31.4 Å². The third-order valence-electron chi connectivity index (χ3n) is 2.60. The minimum absolute atomic E-state index is 0.360. The molecule has 0 spiro atoms. The van der Waals surface area contributed by atoms with E-state index in [1.807, 2.05) is 13.1 Å². The Bertz CT molecular complexity index is 308. The predicted molar refractivity (Wildman–Crippen MR) is 54.0 cm³/mol. The first kappa shape index (κ1) is 9.68. The molecule has 14 heavy (non-hydrogen) atoms. The van der Waals surface area contributed by atoms with Crippen molar-refractivity contribution in [3.05, 3.63) is 17.7 Å². The molecule has 1 aliphatic rings. The predicted octanol–water partition coefficient (Wildman–Crippen LogP) is 1.08. The van der Waals surface area contributed by atoms with Crippen LogP contribution in [-0.2, 0) is 17.9 Å². The van der Waals surface area contributed by atoms with E-state index in [0.29, 0.717) is 12.6 Å². The normalized spacial score (nSPS) is 20.9. The van der Waals surface area contributed by atoms with Crippen molar-refractivity contribution in [1.29, 1.82) is 0 Å². The molecule has 0 radical (unpaired) electrons. The number of aromatic nitrogens is 2. The van der Waals surface area contributed by atoms with Crippen molar-refractivity contribution in [2.24, 2.45) is 0 Å². The smallest absolute Gasteiger partial charge is 0.125 e. The van der Waals surface area contributed by atoms with Crippen LogP contribution in [0.4, 0.5) is 0 Å². The Morgan fingerprint density at radius 1 is 1.71 bits per heavy atom. The number of nitrogens with one attached hydrogen (secondary N) is 1. The van der Waals surface area contributed by atoms with E-state index in [4.69, 9.17) is 4.74 Å². The summed E-state index contributed by atoms with van der Waals surface area (Å²) in [5.41, 5.74) is 1.19. The Balaban J connectivity index is 2.18.